The highest BCUT2D eigenvalue weighted by atomic mass is 16.2. The molecule has 0 aliphatic carbocycles. The fraction of sp³-hybridized carbons (Fsp3) is 0.900. The summed E-state index contributed by atoms with van der Waals surface area (Å²) in [4.78, 5) is 27.9. The molecule has 0 aromatic carbocycles. The summed E-state index contributed by atoms with van der Waals surface area (Å²) < 4.78 is 0. The number of rotatable bonds is 15. The lowest BCUT2D eigenvalue weighted by Gasteiger charge is -2.23. The van der Waals surface area contributed by atoms with Crippen molar-refractivity contribution in [1.29, 1.82) is 0 Å². The Balaban J connectivity index is 4.00. The Bertz CT molecular complexity index is 361. The minimum atomic E-state index is -0.726. The van der Waals surface area contributed by atoms with Crippen molar-refractivity contribution in [2.75, 3.05) is 27.2 Å². The van der Waals surface area contributed by atoms with Crippen molar-refractivity contribution in [3.8, 4) is 0 Å². The predicted molar refractivity (Wildman–Crippen MR) is 105 cm³/mol. The fourth-order valence-electron chi connectivity index (χ4n) is 2.85. The van der Waals surface area contributed by atoms with E-state index in [1.54, 1.807) is 23.9 Å². The van der Waals surface area contributed by atoms with Crippen LogP contribution in [0.4, 0.5) is 0 Å². The van der Waals surface area contributed by atoms with Crippen molar-refractivity contribution in [3.63, 3.8) is 0 Å². The second kappa shape index (κ2) is 15.2. The van der Waals surface area contributed by atoms with Gasteiger partial charge in [-0.15, -0.1) is 0 Å². The SMILES string of the molecule is CCCCCCCN(C)C(=O)CC(N)C(=O)N(C)CCCCCCC. The van der Waals surface area contributed by atoms with Crippen molar-refractivity contribution in [2.24, 2.45) is 5.73 Å². The largest absolute Gasteiger partial charge is 0.346 e. The summed E-state index contributed by atoms with van der Waals surface area (Å²) in [7, 11) is 3.58. The molecule has 0 fully saturated rings. The molecule has 0 rings (SSSR count). The number of amides is 2. The van der Waals surface area contributed by atoms with Gasteiger partial charge in [0, 0.05) is 27.2 Å². The van der Waals surface area contributed by atoms with E-state index in [2.05, 4.69) is 13.8 Å². The van der Waals surface area contributed by atoms with Crippen LogP contribution < -0.4 is 5.73 Å². The van der Waals surface area contributed by atoms with Crippen LogP contribution in [0.1, 0.15) is 84.5 Å². The van der Waals surface area contributed by atoms with Gasteiger partial charge in [0.1, 0.15) is 0 Å². The van der Waals surface area contributed by atoms with Crippen LogP contribution in [-0.4, -0.2) is 54.8 Å². The highest BCUT2D eigenvalue weighted by Crippen LogP contribution is 2.07. The second-order valence-electron chi connectivity index (χ2n) is 7.21. The van der Waals surface area contributed by atoms with Gasteiger partial charge in [0.25, 0.3) is 0 Å². The van der Waals surface area contributed by atoms with Gasteiger partial charge in [-0.2, -0.15) is 0 Å². The van der Waals surface area contributed by atoms with Gasteiger partial charge in [-0.1, -0.05) is 65.2 Å². The zero-order valence-electron chi connectivity index (χ0n) is 17.1. The molecule has 0 aromatic rings. The minimum absolute atomic E-state index is 0.0345. The first-order chi connectivity index (χ1) is 11.9. The van der Waals surface area contributed by atoms with Crippen LogP contribution in [0, 0.1) is 0 Å². The number of hydrogen-bond acceptors (Lipinski definition) is 3. The molecule has 148 valence electrons. The Labute approximate surface area is 155 Å². The number of nitrogens with zero attached hydrogens (tertiary/aromatic N) is 2. The van der Waals surface area contributed by atoms with E-state index in [1.807, 2.05) is 0 Å². The van der Waals surface area contributed by atoms with Gasteiger partial charge in [-0.25, -0.2) is 0 Å². The first-order valence-corrected chi connectivity index (χ1v) is 10.2. The lowest BCUT2D eigenvalue weighted by Crippen LogP contribution is -2.45. The molecule has 0 aliphatic rings. The maximum absolute atomic E-state index is 12.3. The third-order valence-electron chi connectivity index (χ3n) is 4.71. The van der Waals surface area contributed by atoms with Crippen molar-refractivity contribution >= 4 is 11.8 Å². The number of nitrogens with two attached hydrogens (primary N) is 1. The topological polar surface area (TPSA) is 66.6 Å². The highest BCUT2D eigenvalue weighted by molar-refractivity contribution is 5.88. The van der Waals surface area contributed by atoms with Crippen LogP contribution >= 0.6 is 0 Å². The van der Waals surface area contributed by atoms with E-state index in [4.69, 9.17) is 5.73 Å². The molecule has 5 heteroatoms. The Morgan fingerprint density at radius 1 is 0.760 bits per heavy atom. The van der Waals surface area contributed by atoms with Crippen LogP contribution in [-0.2, 0) is 9.59 Å². The predicted octanol–water partition coefficient (Wildman–Crippen LogP) is 3.56. The molecule has 0 aromatic heterocycles. The normalized spacial score (nSPS) is 12.0. The van der Waals surface area contributed by atoms with E-state index in [-0.39, 0.29) is 18.2 Å². The van der Waals surface area contributed by atoms with Crippen LogP contribution in [0.25, 0.3) is 0 Å². The molecule has 1 atom stereocenters. The Morgan fingerprint density at radius 3 is 1.68 bits per heavy atom. The fourth-order valence-corrected chi connectivity index (χ4v) is 2.85. The first-order valence-electron chi connectivity index (χ1n) is 10.2. The molecule has 0 spiro atoms. The van der Waals surface area contributed by atoms with E-state index in [1.165, 1.54) is 38.5 Å². The summed E-state index contributed by atoms with van der Waals surface area (Å²) >= 11 is 0. The van der Waals surface area contributed by atoms with Crippen molar-refractivity contribution < 1.29 is 9.59 Å². The molecule has 0 bridgehead atoms. The molecule has 0 aliphatic heterocycles. The van der Waals surface area contributed by atoms with Gasteiger partial charge in [0.05, 0.1) is 12.5 Å². The number of carbonyl (C=O) groups is 2. The van der Waals surface area contributed by atoms with Crippen molar-refractivity contribution in [1.82, 2.24) is 9.80 Å². The molecular formula is C20H41N3O2. The molecule has 25 heavy (non-hydrogen) atoms. The van der Waals surface area contributed by atoms with Gasteiger partial charge >= 0.3 is 0 Å². The van der Waals surface area contributed by atoms with Gasteiger partial charge in [0.2, 0.25) is 11.8 Å². The van der Waals surface area contributed by atoms with E-state index in [0.29, 0.717) is 0 Å². The smallest absolute Gasteiger partial charge is 0.239 e. The summed E-state index contributed by atoms with van der Waals surface area (Å²) in [5, 5.41) is 0. The number of carbonyl (C=O) groups excluding carboxylic acids is 2. The monoisotopic (exact) mass is 355 g/mol. The summed E-state index contributed by atoms with van der Waals surface area (Å²) in [5.74, 6) is -0.159. The van der Waals surface area contributed by atoms with Crippen molar-refractivity contribution in [3.05, 3.63) is 0 Å². The first kappa shape index (κ1) is 23.9. The molecule has 2 amide bonds. The van der Waals surface area contributed by atoms with E-state index in [9.17, 15) is 9.59 Å². The van der Waals surface area contributed by atoms with Crippen molar-refractivity contribution in [2.45, 2.75) is 90.5 Å². The Kier molecular flexibility index (Phi) is 14.5. The zero-order valence-corrected chi connectivity index (χ0v) is 17.1. The zero-order chi connectivity index (χ0) is 19.1. The molecule has 0 heterocycles. The molecule has 0 saturated carbocycles. The van der Waals surface area contributed by atoms with Crippen LogP contribution in [0.5, 0.6) is 0 Å². The Hall–Kier alpha value is -1.10. The summed E-state index contributed by atoms with van der Waals surface area (Å²) in [5.41, 5.74) is 5.96. The summed E-state index contributed by atoms with van der Waals surface area (Å²) in [6.45, 7) is 5.85. The molecule has 5 nitrogen and oxygen atoms in total. The number of unbranched alkanes of at least 4 members (excludes halogenated alkanes) is 8. The van der Waals surface area contributed by atoms with Gasteiger partial charge < -0.3 is 15.5 Å². The summed E-state index contributed by atoms with van der Waals surface area (Å²) in [6.07, 6.45) is 11.8. The van der Waals surface area contributed by atoms with E-state index in [0.717, 1.165) is 38.8 Å². The minimum Gasteiger partial charge on any atom is -0.346 e. The lowest BCUT2D eigenvalue weighted by molar-refractivity contribution is -0.137. The summed E-state index contributed by atoms with van der Waals surface area (Å²) in [6, 6.07) is -0.726. The Morgan fingerprint density at radius 2 is 1.20 bits per heavy atom. The standard InChI is InChI=1S/C20H41N3O2/c1-5-7-9-11-13-15-22(3)19(24)17-18(21)20(25)23(4)16-14-12-10-8-6-2/h18H,5-17,21H2,1-4H3. The molecule has 1 unspecified atom stereocenters. The lowest BCUT2D eigenvalue weighted by atomic mass is 10.1. The molecule has 0 radical (unpaired) electrons. The third kappa shape index (κ3) is 12.0. The average molecular weight is 356 g/mol. The second-order valence-corrected chi connectivity index (χ2v) is 7.21. The van der Waals surface area contributed by atoms with Crippen LogP contribution in [0.2, 0.25) is 0 Å². The third-order valence-corrected chi connectivity index (χ3v) is 4.71. The van der Waals surface area contributed by atoms with E-state index < -0.39 is 6.04 Å². The quantitative estimate of drug-likeness (QED) is 0.457. The van der Waals surface area contributed by atoms with Gasteiger partial charge in [-0.05, 0) is 12.8 Å². The maximum Gasteiger partial charge on any atom is 0.239 e. The number of likely N-dealkylation sites (N-methyl/N-ethyl adjacent to an activating group) is 1. The van der Waals surface area contributed by atoms with Gasteiger partial charge in [0.15, 0.2) is 0 Å². The van der Waals surface area contributed by atoms with Gasteiger partial charge in [-0.3, -0.25) is 9.59 Å². The van der Waals surface area contributed by atoms with Crippen LogP contribution in [0.3, 0.4) is 0 Å². The molecular weight excluding hydrogens is 314 g/mol. The maximum atomic E-state index is 12.3. The van der Waals surface area contributed by atoms with Crippen LogP contribution in [0.15, 0.2) is 0 Å². The number of hydrogen-bond donors (Lipinski definition) is 1. The molecule has 0 saturated heterocycles. The van der Waals surface area contributed by atoms with E-state index >= 15 is 0 Å². The average Bonchev–Trinajstić information content (AvgIpc) is 2.60. The molecule has 2 N–H and O–H groups in total. The highest BCUT2D eigenvalue weighted by Gasteiger charge is 2.22.